The number of carbonyl (C=O) groups is 1. The van der Waals surface area contributed by atoms with Crippen LogP contribution < -0.4 is 9.47 Å². The number of carbonyl (C=O) groups excluding carboxylic acids is 1. The maximum absolute atomic E-state index is 10.9. The van der Waals surface area contributed by atoms with E-state index in [1.807, 2.05) is 6.07 Å². The van der Waals surface area contributed by atoms with Crippen LogP contribution in [0.2, 0.25) is 0 Å². The van der Waals surface area contributed by atoms with E-state index in [-0.39, 0.29) is 0 Å². The summed E-state index contributed by atoms with van der Waals surface area (Å²) >= 11 is 0. The number of rotatable bonds is 11. The molecule has 1 aromatic rings. The quantitative estimate of drug-likeness (QED) is 0.437. The Morgan fingerprint density at radius 2 is 1.75 bits per heavy atom. The molecule has 0 atom stereocenters. The monoisotopic (exact) mass is 278 g/mol. The van der Waals surface area contributed by atoms with Crippen LogP contribution in [0.25, 0.3) is 0 Å². The first-order chi connectivity index (χ1) is 9.81. The van der Waals surface area contributed by atoms with E-state index < -0.39 is 0 Å². The minimum atomic E-state index is 0.532. The standard InChI is InChI=1S/C17H26O3/c1-3-4-5-6-7-8-9-12-20-16-10-11-17(19-2)15(13-16)14-18/h10-11,13-14H,3-9,12H2,1-2H3. The Labute approximate surface area is 122 Å². The molecular formula is C17H26O3. The third kappa shape index (κ3) is 6.09. The van der Waals surface area contributed by atoms with Crippen molar-refractivity contribution in [1.29, 1.82) is 0 Å². The first-order valence-corrected chi connectivity index (χ1v) is 7.57. The highest BCUT2D eigenvalue weighted by molar-refractivity contribution is 5.80. The second-order valence-electron chi connectivity index (χ2n) is 4.99. The van der Waals surface area contributed by atoms with Crippen molar-refractivity contribution in [3.05, 3.63) is 23.8 Å². The van der Waals surface area contributed by atoms with Crippen LogP contribution in [-0.2, 0) is 0 Å². The molecule has 0 aliphatic carbocycles. The zero-order valence-corrected chi connectivity index (χ0v) is 12.7. The van der Waals surface area contributed by atoms with Crippen LogP contribution in [0.5, 0.6) is 11.5 Å². The van der Waals surface area contributed by atoms with Crippen molar-refractivity contribution in [2.24, 2.45) is 0 Å². The second-order valence-corrected chi connectivity index (χ2v) is 4.99. The maximum Gasteiger partial charge on any atom is 0.153 e. The molecule has 0 aliphatic rings. The fourth-order valence-electron chi connectivity index (χ4n) is 2.14. The number of methoxy groups -OCH3 is 1. The molecule has 0 aliphatic heterocycles. The first-order valence-electron chi connectivity index (χ1n) is 7.57. The minimum absolute atomic E-state index is 0.532. The van der Waals surface area contributed by atoms with Crippen LogP contribution in [0.15, 0.2) is 18.2 Å². The summed E-state index contributed by atoms with van der Waals surface area (Å²) in [5, 5.41) is 0. The number of aldehydes is 1. The van der Waals surface area contributed by atoms with Gasteiger partial charge in [0.05, 0.1) is 19.3 Å². The van der Waals surface area contributed by atoms with Crippen molar-refractivity contribution in [3.8, 4) is 11.5 Å². The van der Waals surface area contributed by atoms with E-state index in [1.165, 1.54) is 38.5 Å². The summed E-state index contributed by atoms with van der Waals surface area (Å²) < 4.78 is 10.8. The number of ether oxygens (including phenoxy) is 2. The Kier molecular flexibility index (Phi) is 8.52. The zero-order chi connectivity index (χ0) is 14.6. The largest absolute Gasteiger partial charge is 0.496 e. The summed E-state index contributed by atoms with van der Waals surface area (Å²) in [7, 11) is 1.56. The highest BCUT2D eigenvalue weighted by atomic mass is 16.5. The van der Waals surface area contributed by atoms with Gasteiger partial charge in [0, 0.05) is 0 Å². The topological polar surface area (TPSA) is 35.5 Å². The summed E-state index contributed by atoms with van der Waals surface area (Å²) in [4.78, 5) is 10.9. The van der Waals surface area contributed by atoms with Crippen LogP contribution >= 0.6 is 0 Å². The molecule has 0 bridgehead atoms. The van der Waals surface area contributed by atoms with Crippen LogP contribution in [0, 0.1) is 0 Å². The molecule has 0 heterocycles. The fourth-order valence-corrected chi connectivity index (χ4v) is 2.14. The lowest BCUT2D eigenvalue weighted by molar-refractivity contribution is 0.112. The van der Waals surface area contributed by atoms with Gasteiger partial charge in [-0.2, -0.15) is 0 Å². The maximum atomic E-state index is 10.9. The molecule has 0 aromatic heterocycles. The molecule has 1 aromatic carbocycles. The van der Waals surface area contributed by atoms with E-state index >= 15 is 0 Å². The molecule has 0 fully saturated rings. The van der Waals surface area contributed by atoms with Gasteiger partial charge in [-0.25, -0.2) is 0 Å². The van der Waals surface area contributed by atoms with Gasteiger partial charge in [-0.15, -0.1) is 0 Å². The fraction of sp³-hybridized carbons (Fsp3) is 0.588. The van der Waals surface area contributed by atoms with Gasteiger partial charge in [0.1, 0.15) is 11.5 Å². The van der Waals surface area contributed by atoms with E-state index in [9.17, 15) is 4.79 Å². The summed E-state index contributed by atoms with van der Waals surface area (Å²) in [5.74, 6) is 1.32. The van der Waals surface area contributed by atoms with Gasteiger partial charge in [-0.1, -0.05) is 45.4 Å². The Bertz CT molecular complexity index is 388. The van der Waals surface area contributed by atoms with Crippen molar-refractivity contribution < 1.29 is 14.3 Å². The number of benzene rings is 1. The van der Waals surface area contributed by atoms with E-state index in [1.54, 1.807) is 19.2 Å². The summed E-state index contributed by atoms with van der Waals surface area (Å²) in [6, 6.07) is 5.34. The lowest BCUT2D eigenvalue weighted by Gasteiger charge is -2.09. The average Bonchev–Trinajstić information content (AvgIpc) is 2.49. The van der Waals surface area contributed by atoms with Crippen molar-refractivity contribution >= 4 is 6.29 Å². The van der Waals surface area contributed by atoms with Gasteiger partial charge in [-0.3, -0.25) is 4.79 Å². The van der Waals surface area contributed by atoms with E-state index in [4.69, 9.17) is 9.47 Å². The molecule has 1 rings (SSSR count). The highest BCUT2D eigenvalue weighted by Gasteiger charge is 2.03. The van der Waals surface area contributed by atoms with Crippen molar-refractivity contribution in [2.75, 3.05) is 13.7 Å². The summed E-state index contributed by atoms with van der Waals surface area (Å²) in [6.07, 6.45) is 9.65. The van der Waals surface area contributed by atoms with Gasteiger partial charge >= 0.3 is 0 Å². The Hall–Kier alpha value is -1.51. The molecule has 0 saturated carbocycles. The second kappa shape index (κ2) is 10.3. The molecule has 0 amide bonds. The van der Waals surface area contributed by atoms with Crippen LogP contribution in [0.4, 0.5) is 0 Å². The third-order valence-electron chi connectivity index (χ3n) is 3.34. The van der Waals surface area contributed by atoms with Gasteiger partial charge in [0.15, 0.2) is 6.29 Å². The molecule has 3 nitrogen and oxygen atoms in total. The molecule has 3 heteroatoms. The summed E-state index contributed by atoms with van der Waals surface area (Å²) in [6.45, 7) is 2.94. The predicted octanol–water partition coefficient (Wildman–Crippen LogP) is 4.64. The van der Waals surface area contributed by atoms with Crippen LogP contribution in [0.3, 0.4) is 0 Å². The van der Waals surface area contributed by atoms with Gasteiger partial charge in [-0.05, 0) is 24.6 Å². The lowest BCUT2D eigenvalue weighted by Crippen LogP contribution is -1.99. The number of unbranched alkanes of at least 4 members (excludes halogenated alkanes) is 6. The third-order valence-corrected chi connectivity index (χ3v) is 3.34. The van der Waals surface area contributed by atoms with E-state index in [2.05, 4.69) is 6.92 Å². The van der Waals surface area contributed by atoms with Crippen molar-refractivity contribution in [1.82, 2.24) is 0 Å². The molecule has 0 unspecified atom stereocenters. The summed E-state index contributed by atoms with van der Waals surface area (Å²) in [5.41, 5.74) is 0.532. The Morgan fingerprint density at radius 3 is 2.40 bits per heavy atom. The molecule has 0 N–H and O–H groups in total. The Balaban J connectivity index is 2.20. The molecular weight excluding hydrogens is 252 g/mol. The van der Waals surface area contributed by atoms with Gasteiger partial charge in [0.25, 0.3) is 0 Å². The van der Waals surface area contributed by atoms with E-state index in [0.29, 0.717) is 17.9 Å². The molecule has 20 heavy (non-hydrogen) atoms. The average molecular weight is 278 g/mol. The lowest BCUT2D eigenvalue weighted by atomic mass is 10.1. The predicted molar refractivity (Wildman–Crippen MR) is 81.9 cm³/mol. The van der Waals surface area contributed by atoms with Gasteiger partial charge in [0.2, 0.25) is 0 Å². The van der Waals surface area contributed by atoms with Crippen molar-refractivity contribution in [3.63, 3.8) is 0 Å². The normalized spacial score (nSPS) is 10.3. The molecule has 0 radical (unpaired) electrons. The van der Waals surface area contributed by atoms with Crippen LogP contribution in [-0.4, -0.2) is 20.0 Å². The first kappa shape index (κ1) is 16.5. The number of hydrogen-bond donors (Lipinski definition) is 0. The molecule has 112 valence electrons. The SMILES string of the molecule is CCCCCCCCCOc1ccc(OC)c(C=O)c1. The minimum Gasteiger partial charge on any atom is -0.496 e. The Morgan fingerprint density at radius 1 is 1.05 bits per heavy atom. The molecule has 0 spiro atoms. The van der Waals surface area contributed by atoms with Gasteiger partial charge < -0.3 is 9.47 Å². The van der Waals surface area contributed by atoms with E-state index in [0.717, 1.165) is 18.5 Å². The van der Waals surface area contributed by atoms with Crippen molar-refractivity contribution in [2.45, 2.75) is 51.9 Å². The van der Waals surface area contributed by atoms with Crippen LogP contribution in [0.1, 0.15) is 62.2 Å². The smallest absolute Gasteiger partial charge is 0.153 e. The number of hydrogen-bond acceptors (Lipinski definition) is 3. The highest BCUT2D eigenvalue weighted by Crippen LogP contribution is 2.22. The zero-order valence-electron chi connectivity index (χ0n) is 12.7. The molecule has 0 saturated heterocycles.